The average Bonchev–Trinajstić information content (AvgIpc) is 3.34. The second kappa shape index (κ2) is 9.60. The highest BCUT2D eigenvalue weighted by atomic mass is 32.2. The third-order valence-electron chi connectivity index (χ3n) is 8.13. The number of amides is 2. The number of fused-ring (bicyclic) bond motifs is 1. The Morgan fingerprint density at radius 2 is 1.84 bits per heavy atom. The molecule has 37 heavy (non-hydrogen) atoms. The van der Waals surface area contributed by atoms with Crippen molar-refractivity contribution in [2.45, 2.75) is 94.8 Å². The van der Waals surface area contributed by atoms with Crippen LogP contribution < -0.4 is 5.32 Å². The van der Waals surface area contributed by atoms with Crippen molar-refractivity contribution in [3.05, 3.63) is 35.9 Å². The molecule has 3 aliphatic heterocycles. The second-order valence-electron chi connectivity index (χ2n) is 12.9. The lowest BCUT2D eigenvalue weighted by Gasteiger charge is -2.40. The molecule has 1 aromatic carbocycles. The van der Waals surface area contributed by atoms with Gasteiger partial charge in [0.25, 0.3) is 0 Å². The predicted octanol–water partition coefficient (Wildman–Crippen LogP) is 4.10. The van der Waals surface area contributed by atoms with Crippen molar-refractivity contribution in [3.63, 3.8) is 0 Å². The Hall–Kier alpha value is -2.06. The Kier molecular flexibility index (Phi) is 7.25. The van der Waals surface area contributed by atoms with Gasteiger partial charge in [0.15, 0.2) is 0 Å². The number of likely N-dealkylation sites (tertiary alicyclic amines) is 1. The molecule has 3 saturated heterocycles. The summed E-state index contributed by atoms with van der Waals surface area (Å²) in [5, 5.41) is 13.8. The van der Waals surface area contributed by atoms with Gasteiger partial charge in [-0.25, -0.2) is 0 Å². The van der Waals surface area contributed by atoms with Gasteiger partial charge in [0.05, 0.1) is 35.8 Å². The molecule has 2 unspecified atom stereocenters. The van der Waals surface area contributed by atoms with Gasteiger partial charge in [-0.05, 0) is 57.9 Å². The van der Waals surface area contributed by atoms with E-state index >= 15 is 0 Å². The Morgan fingerprint density at radius 3 is 2.41 bits per heavy atom. The molecule has 2 bridgehead atoms. The van der Waals surface area contributed by atoms with E-state index in [1.807, 2.05) is 51.1 Å². The maximum absolute atomic E-state index is 14.3. The molecule has 1 spiro atoms. The van der Waals surface area contributed by atoms with E-state index in [1.54, 1.807) is 23.6 Å². The number of benzene rings is 1. The minimum Gasteiger partial charge on any atom is -0.466 e. The quantitative estimate of drug-likeness (QED) is 0.492. The van der Waals surface area contributed by atoms with Gasteiger partial charge in [-0.2, -0.15) is 0 Å². The number of carbonyl (C=O) groups is 3. The normalized spacial score (nSPS) is 31.8. The molecule has 2 amide bonds. The minimum absolute atomic E-state index is 0.0104. The van der Waals surface area contributed by atoms with Crippen LogP contribution in [-0.2, 0) is 19.1 Å². The highest BCUT2D eigenvalue weighted by Crippen LogP contribution is 2.72. The van der Waals surface area contributed by atoms with Crippen LogP contribution in [0.1, 0.15) is 79.3 Å². The van der Waals surface area contributed by atoms with Crippen molar-refractivity contribution >= 4 is 29.5 Å². The molecule has 0 aliphatic carbocycles. The summed E-state index contributed by atoms with van der Waals surface area (Å²) in [6.45, 7) is 14.1. The van der Waals surface area contributed by atoms with E-state index < -0.39 is 39.0 Å². The van der Waals surface area contributed by atoms with Crippen LogP contribution in [0.2, 0.25) is 0 Å². The Balaban J connectivity index is 1.81. The number of thioether (sulfide) groups is 1. The number of hydrogen-bond acceptors (Lipinski definition) is 6. The first kappa shape index (κ1) is 28.0. The lowest BCUT2D eigenvalue weighted by Crippen LogP contribution is -2.58. The van der Waals surface area contributed by atoms with Gasteiger partial charge >= 0.3 is 5.97 Å². The molecule has 4 rings (SSSR count). The van der Waals surface area contributed by atoms with Gasteiger partial charge in [-0.3, -0.25) is 14.4 Å². The van der Waals surface area contributed by atoms with Crippen LogP contribution in [0.3, 0.4) is 0 Å². The largest absolute Gasteiger partial charge is 0.466 e. The third-order valence-corrected chi connectivity index (χ3v) is 10.1. The zero-order valence-corrected chi connectivity index (χ0v) is 24.0. The molecular weight excluding hydrogens is 488 g/mol. The van der Waals surface area contributed by atoms with Gasteiger partial charge in [-0.1, -0.05) is 51.1 Å². The van der Waals surface area contributed by atoms with Crippen LogP contribution in [0.25, 0.3) is 0 Å². The molecule has 204 valence electrons. The zero-order chi connectivity index (χ0) is 27.4. The fourth-order valence-electron chi connectivity index (χ4n) is 7.39. The Bertz CT molecular complexity index is 1050. The number of ether oxygens (including phenoxy) is 1. The van der Waals surface area contributed by atoms with Crippen LogP contribution in [-0.4, -0.2) is 62.1 Å². The van der Waals surface area contributed by atoms with Gasteiger partial charge < -0.3 is 20.1 Å². The Labute approximate surface area is 225 Å². The molecule has 0 radical (unpaired) electrons. The average molecular weight is 531 g/mol. The number of carbonyl (C=O) groups excluding carboxylic acids is 3. The first-order valence-corrected chi connectivity index (χ1v) is 14.2. The van der Waals surface area contributed by atoms with Crippen molar-refractivity contribution < 1.29 is 24.2 Å². The number of hydrogen-bond donors (Lipinski definition) is 2. The molecule has 3 aliphatic rings. The summed E-state index contributed by atoms with van der Waals surface area (Å²) in [5.74, 6) is -2.13. The van der Waals surface area contributed by atoms with Crippen molar-refractivity contribution in [2.24, 2.45) is 17.3 Å². The van der Waals surface area contributed by atoms with Crippen LogP contribution >= 0.6 is 11.8 Å². The smallest absolute Gasteiger partial charge is 0.311 e. The third kappa shape index (κ3) is 4.80. The first-order chi connectivity index (χ1) is 17.2. The molecular formula is C29H42N2O5S. The summed E-state index contributed by atoms with van der Waals surface area (Å²) in [5.41, 5.74) is 0.245. The van der Waals surface area contributed by atoms with Gasteiger partial charge in [0.1, 0.15) is 6.04 Å². The van der Waals surface area contributed by atoms with E-state index in [1.165, 1.54) is 0 Å². The highest BCUT2D eigenvalue weighted by Gasteiger charge is 2.78. The standard InChI is InChI=1S/C29H42N2O5S/c1-8-36-25(35)21-20-24(34)31(19(16-32)18-12-10-9-11-13-18)22(29(20)15-14-28(21,7)37-29)23(33)30-27(5,6)17-26(2,3)4/h9-13,19-22,32H,8,14-17H2,1-7H3,(H,30,33)/t19-,20+,21+,22?,28-,29?/m1/s1. The number of nitrogens with zero attached hydrogens (tertiary/aromatic N) is 1. The van der Waals surface area contributed by atoms with Gasteiger partial charge in [0, 0.05) is 10.3 Å². The van der Waals surface area contributed by atoms with Gasteiger partial charge in [-0.15, -0.1) is 11.8 Å². The molecule has 3 fully saturated rings. The molecule has 1 aromatic rings. The highest BCUT2D eigenvalue weighted by molar-refractivity contribution is 8.02. The second-order valence-corrected chi connectivity index (χ2v) is 14.8. The lowest BCUT2D eigenvalue weighted by molar-refractivity contribution is -0.155. The number of aliphatic hydroxyl groups is 1. The van der Waals surface area contributed by atoms with E-state index in [2.05, 4.69) is 26.1 Å². The Morgan fingerprint density at radius 1 is 1.19 bits per heavy atom. The fourth-order valence-corrected chi connectivity index (χ4v) is 9.72. The minimum atomic E-state index is -0.812. The summed E-state index contributed by atoms with van der Waals surface area (Å²) in [6.07, 6.45) is 2.13. The molecule has 0 saturated carbocycles. The molecule has 7 nitrogen and oxygen atoms in total. The van der Waals surface area contributed by atoms with Crippen LogP contribution in [0.5, 0.6) is 0 Å². The van der Waals surface area contributed by atoms with E-state index in [0.29, 0.717) is 6.42 Å². The molecule has 6 atom stereocenters. The summed E-state index contributed by atoms with van der Waals surface area (Å²) < 4.78 is 4.23. The summed E-state index contributed by atoms with van der Waals surface area (Å²) in [7, 11) is 0. The molecule has 3 heterocycles. The van der Waals surface area contributed by atoms with E-state index in [-0.39, 0.29) is 36.4 Å². The van der Waals surface area contributed by atoms with Crippen molar-refractivity contribution in [3.8, 4) is 0 Å². The maximum Gasteiger partial charge on any atom is 0.311 e. The van der Waals surface area contributed by atoms with Crippen molar-refractivity contribution in [1.82, 2.24) is 10.2 Å². The number of rotatable bonds is 8. The summed E-state index contributed by atoms with van der Waals surface area (Å²) in [6, 6.07) is 7.84. The van der Waals surface area contributed by atoms with Crippen LogP contribution in [0, 0.1) is 17.3 Å². The summed E-state index contributed by atoms with van der Waals surface area (Å²) >= 11 is 1.61. The number of nitrogens with one attached hydrogen (secondary N) is 1. The zero-order valence-electron chi connectivity index (χ0n) is 23.2. The SMILES string of the molecule is CCOC(=O)[C@@H]1[C@H]2C(=O)N([C@H](CO)c3ccccc3)C(C(=O)NC(C)(C)CC(C)(C)C)C23CC[C@@]1(C)S3. The van der Waals surface area contributed by atoms with E-state index in [0.717, 1.165) is 18.4 Å². The fraction of sp³-hybridized carbons (Fsp3) is 0.690. The van der Waals surface area contributed by atoms with Crippen molar-refractivity contribution in [1.29, 1.82) is 0 Å². The molecule has 0 aromatic heterocycles. The predicted molar refractivity (Wildman–Crippen MR) is 145 cm³/mol. The lowest BCUT2D eigenvalue weighted by atomic mass is 9.66. The molecule has 2 N–H and O–H groups in total. The van der Waals surface area contributed by atoms with Crippen molar-refractivity contribution in [2.75, 3.05) is 13.2 Å². The number of esters is 1. The van der Waals surface area contributed by atoms with E-state index in [9.17, 15) is 19.5 Å². The van der Waals surface area contributed by atoms with Crippen LogP contribution in [0.15, 0.2) is 30.3 Å². The number of aliphatic hydroxyl groups excluding tert-OH is 1. The van der Waals surface area contributed by atoms with Crippen LogP contribution in [0.4, 0.5) is 0 Å². The first-order valence-electron chi connectivity index (χ1n) is 13.4. The van der Waals surface area contributed by atoms with E-state index in [4.69, 9.17) is 4.74 Å². The maximum atomic E-state index is 14.3. The summed E-state index contributed by atoms with van der Waals surface area (Å²) in [4.78, 5) is 43.4. The molecule has 8 heteroatoms. The monoisotopic (exact) mass is 530 g/mol. The topological polar surface area (TPSA) is 95.9 Å². The van der Waals surface area contributed by atoms with Gasteiger partial charge in [0.2, 0.25) is 11.8 Å².